The lowest BCUT2D eigenvalue weighted by Crippen LogP contribution is -2.39. The molecule has 0 bridgehead atoms. The van der Waals surface area contributed by atoms with Crippen molar-refractivity contribution < 1.29 is 9.53 Å². The van der Waals surface area contributed by atoms with Crippen LogP contribution in [0.3, 0.4) is 0 Å². The maximum atomic E-state index is 12.6. The number of benzene rings is 3. The van der Waals surface area contributed by atoms with Gasteiger partial charge in [-0.3, -0.25) is 4.79 Å². The standard InChI is InChI=1S/C27H31N3O2/c1-20-8-14-24(15-9-20)32-19-27(31)28-18-26(22-10-12-23(13-11-22)29(2)3)30-17-16-21-6-4-5-7-25(21)30/h4-15,26H,16-19H2,1-3H3,(H,28,31). The number of fused-ring (bicyclic) bond motifs is 1. The van der Waals surface area contributed by atoms with Gasteiger partial charge in [-0.2, -0.15) is 0 Å². The second kappa shape index (κ2) is 9.77. The van der Waals surface area contributed by atoms with Crippen LogP contribution in [0, 0.1) is 6.92 Å². The molecule has 0 radical (unpaired) electrons. The minimum absolute atomic E-state index is 0.00589. The maximum Gasteiger partial charge on any atom is 0.258 e. The van der Waals surface area contributed by atoms with Gasteiger partial charge in [0, 0.05) is 38.6 Å². The predicted octanol–water partition coefficient (Wildman–Crippen LogP) is 4.36. The van der Waals surface area contributed by atoms with Crippen molar-refractivity contribution in [3.05, 3.63) is 89.5 Å². The van der Waals surface area contributed by atoms with Crippen LogP contribution < -0.4 is 19.9 Å². The van der Waals surface area contributed by atoms with Gasteiger partial charge in [0.2, 0.25) is 0 Å². The highest BCUT2D eigenvalue weighted by Crippen LogP contribution is 2.35. The van der Waals surface area contributed by atoms with Gasteiger partial charge >= 0.3 is 0 Å². The summed E-state index contributed by atoms with van der Waals surface area (Å²) in [6, 6.07) is 24.9. The molecule has 1 heterocycles. The van der Waals surface area contributed by atoms with Gasteiger partial charge in [-0.05, 0) is 54.8 Å². The molecule has 3 aromatic carbocycles. The fourth-order valence-corrected chi connectivity index (χ4v) is 4.14. The number of anilines is 2. The van der Waals surface area contributed by atoms with E-state index in [9.17, 15) is 4.79 Å². The molecule has 0 spiro atoms. The van der Waals surface area contributed by atoms with Gasteiger partial charge in [0.25, 0.3) is 5.91 Å². The number of carbonyl (C=O) groups is 1. The molecule has 1 aliphatic heterocycles. The third-order valence-electron chi connectivity index (χ3n) is 5.98. The van der Waals surface area contributed by atoms with Crippen LogP contribution in [-0.4, -0.2) is 39.7 Å². The van der Waals surface area contributed by atoms with Crippen LogP contribution in [0.15, 0.2) is 72.8 Å². The van der Waals surface area contributed by atoms with E-state index in [1.165, 1.54) is 16.8 Å². The molecule has 166 valence electrons. The highest BCUT2D eigenvalue weighted by Gasteiger charge is 2.27. The molecular weight excluding hydrogens is 398 g/mol. The number of amides is 1. The molecule has 1 amide bonds. The van der Waals surface area contributed by atoms with Gasteiger partial charge in [0.05, 0.1) is 6.04 Å². The quantitative estimate of drug-likeness (QED) is 0.578. The first-order valence-corrected chi connectivity index (χ1v) is 11.1. The summed E-state index contributed by atoms with van der Waals surface area (Å²) in [7, 11) is 4.08. The summed E-state index contributed by atoms with van der Waals surface area (Å²) in [5, 5.41) is 3.09. The highest BCUT2D eigenvalue weighted by atomic mass is 16.5. The maximum absolute atomic E-state index is 12.6. The largest absolute Gasteiger partial charge is 0.484 e. The van der Waals surface area contributed by atoms with Crippen molar-refractivity contribution >= 4 is 17.3 Å². The fourth-order valence-electron chi connectivity index (χ4n) is 4.14. The number of hydrogen-bond acceptors (Lipinski definition) is 4. The van der Waals surface area contributed by atoms with Gasteiger partial charge in [0.1, 0.15) is 5.75 Å². The lowest BCUT2D eigenvalue weighted by molar-refractivity contribution is -0.123. The number of para-hydroxylation sites is 1. The Labute approximate surface area is 190 Å². The van der Waals surface area contributed by atoms with Gasteiger partial charge in [-0.25, -0.2) is 0 Å². The van der Waals surface area contributed by atoms with Crippen molar-refractivity contribution in [1.29, 1.82) is 0 Å². The second-order valence-corrected chi connectivity index (χ2v) is 8.48. The van der Waals surface area contributed by atoms with E-state index in [-0.39, 0.29) is 18.6 Å². The lowest BCUT2D eigenvalue weighted by atomic mass is 10.0. The minimum atomic E-state index is -0.118. The van der Waals surface area contributed by atoms with Crippen LogP contribution in [-0.2, 0) is 11.2 Å². The molecule has 5 heteroatoms. The molecule has 4 rings (SSSR count). The molecule has 0 aromatic heterocycles. The third kappa shape index (κ3) is 5.05. The van der Waals surface area contributed by atoms with Crippen molar-refractivity contribution in [1.82, 2.24) is 5.32 Å². The van der Waals surface area contributed by atoms with Crippen LogP contribution in [0.5, 0.6) is 5.75 Å². The first-order valence-electron chi connectivity index (χ1n) is 11.1. The van der Waals surface area contributed by atoms with Crippen molar-refractivity contribution in [2.75, 3.05) is 43.6 Å². The van der Waals surface area contributed by atoms with Crippen molar-refractivity contribution in [3.8, 4) is 5.75 Å². The van der Waals surface area contributed by atoms with E-state index < -0.39 is 0 Å². The Morgan fingerprint density at radius 1 is 1.03 bits per heavy atom. The van der Waals surface area contributed by atoms with Crippen molar-refractivity contribution in [3.63, 3.8) is 0 Å². The second-order valence-electron chi connectivity index (χ2n) is 8.48. The van der Waals surface area contributed by atoms with Gasteiger partial charge in [0.15, 0.2) is 6.61 Å². The van der Waals surface area contributed by atoms with E-state index in [0.29, 0.717) is 12.3 Å². The van der Waals surface area contributed by atoms with E-state index in [2.05, 4.69) is 63.6 Å². The Balaban J connectivity index is 1.47. The SMILES string of the molecule is Cc1ccc(OCC(=O)NCC(c2ccc(N(C)C)cc2)N2CCc3ccccc32)cc1. The average molecular weight is 430 g/mol. The van der Waals surface area contributed by atoms with Crippen LogP contribution in [0.1, 0.15) is 22.7 Å². The Bertz CT molecular complexity index is 1050. The number of rotatable bonds is 8. The van der Waals surface area contributed by atoms with Crippen LogP contribution >= 0.6 is 0 Å². The third-order valence-corrected chi connectivity index (χ3v) is 5.98. The number of aryl methyl sites for hydroxylation is 1. The van der Waals surface area contributed by atoms with E-state index in [1.54, 1.807) is 0 Å². The molecule has 1 unspecified atom stereocenters. The van der Waals surface area contributed by atoms with E-state index in [0.717, 1.165) is 24.2 Å². The Kier molecular flexibility index (Phi) is 6.64. The van der Waals surface area contributed by atoms with Gasteiger partial charge in [-0.1, -0.05) is 48.0 Å². The lowest BCUT2D eigenvalue weighted by Gasteiger charge is -2.31. The number of carbonyl (C=O) groups excluding carboxylic acids is 1. The molecule has 3 aromatic rings. The zero-order valence-electron chi connectivity index (χ0n) is 19.0. The molecule has 0 aliphatic carbocycles. The fraction of sp³-hybridized carbons (Fsp3) is 0.296. The zero-order valence-corrected chi connectivity index (χ0v) is 19.0. The summed E-state index contributed by atoms with van der Waals surface area (Å²) >= 11 is 0. The zero-order chi connectivity index (χ0) is 22.5. The summed E-state index contributed by atoms with van der Waals surface area (Å²) in [5.41, 5.74) is 6.11. The van der Waals surface area contributed by atoms with Crippen LogP contribution in [0.25, 0.3) is 0 Å². The number of ether oxygens (including phenoxy) is 1. The summed E-state index contributed by atoms with van der Waals surface area (Å²) in [6.07, 6.45) is 1.02. The molecule has 1 aliphatic rings. The first-order chi connectivity index (χ1) is 15.5. The molecular formula is C27H31N3O2. The van der Waals surface area contributed by atoms with E-state index >= 15 is 0 Å². The van der Waals surface area contributed by atoms with Crippen LogP contribution in [0.2, 0.25) is 0 Å². The molecule has 32 heavy (non-hydrogen) atoms. The summed E-state index contributed by atoms with van der Waals surface area (Å²) in [4.78, 5) is 17.1. The molecule has 0 fully saturated rings. The number of hydrogen-bond donors (Lipinski definition) is 1. The molecule has 0 saturated carbocycles. The molecule has 5 nitrogen and oxygen atoms in total. The monoisotopic (exact) mass is 429 g/mol. The highest BCUT2D eigenvalue weighted by molar-refractivity contribution is 5.77. The Hall–Kier alpha value is -3.47. The molecule has 0 saturated heterocycles. The summed E-state index contributed by atoms with van der Waals surface area (Å²) in [6.45, 7) is 3.49. The average Bonchev–Trinajstić information content (AvgIpc) is 3.23. The van der Waals surface area contributed by atoms with Crippen LogP contribution in [0.4, 0.5) is 11.4 Å². The molecule has 1 atom stereocenters. The molecule has 1 N–H and O–H groups in total. The van der Waals surface area contributed by atoms with Gasteiger partial charge < -0.3 is 19.9 Å². The Morgan fingerprint density at radius 2 is 1.75 bits per heavy atom. The smallest absolute Gasteiger partial charge is 0.258 e. The minimum Gasteiger partial charge on any atom is -0.484 e. The van der Waals surface area contributed by atoms with Gasteiger partial charge in [-0.15, -0.1) is 0 Å². The Morgan fingerprint density at radius 3 is 2.47 bits per heavy atom. The summed E-state index contributed by atoms with van der Waals surface area (Å²) in [5.74, 6) is 0.586. The normalized spacial score (nSPS) is 13.4. The van der Waals surface area contributed by atoms with E-state index in [1.807, 2.05) is 45.3 Å². The number of nitrogens with zero attached hydrogens (tertiary/aromatic N) is 2. The predicted molar refractivity (Wildman–Crippen MR) is 131 cm³/mol. The summed E-state index contributed by atoms with van der Waals surface area (Å²) < 4.78 is 5.65. The van der Waals surface area contributed by atoms with Crippen molar-refractivity contribution in [2.24, 2.45) is 0 Å². The van der Waals surface area contributed by atoms with Crippen molar-refractivity contribution in [2.45, 2.75) is 19.4 Å². The first kappa shape index (κ1) is 21.8. The topological polar surface area (TPSA) is 44.8 Å². The van der Waals surface area contributed by atoms with E-state index in [4.69, 9.17) is 4.74 Å². The number of nitrogens with one attached hydrogen (secondary N) is 1.